The van der Waals surface area contributed by atoms with E-state index < -0.39 is 0 Å². The standard InChI is InChI=1S/C17H30N4O.ClH/c1-4-5-11-20-14-10-18-16(20)6-7-17(22)21-12-8-15(9-13-21)19(2)3;/h10,14-15H,4-9,11-13H2,1-3H3;1H. The summed E-state index contributed by atoms with van der Waals surface area (Å²) >= 11 is 0. The molecular formula is C17H31ClN4O. The predicted molar refractivity (Wildman–Crippen MR) is 96.0 cm³/mol. The molecule has 1 saturated heterocycles. The monoisotopic (exact) mass is 342 g/mol. The summed E-state index contributed by atoms with van der Waals surface area (Å²) in [6.07, 6.45) is 9.72. The number of aromatic nitrogens is 2. The van der Waals surface area contributed by atoms with Crippen LogP contribution in [0, 0.1) is 0 Å². The summed E-state index contributed by atoms with van der Waals surface area (Å²) < 4.78 is 2.19. The van der Waals surface area contributed by atoms with Crippen LogP contribution in [0.1, 0.15) is 44.9 Å². The number of carbonyl (C=O) groups is 1. The highest BCUT2D eigenvalue weighted by Crippen LogP contribution is 2.15. The van der Waals surface area contributed by atoms with Gasteiger partial charge in [0.05, 0.1) is 0 Å². The Balaban J connectivity index is 0.00000264. The van der Waals surface area contributed by atoms with Crippen molar-refractivity contribution in [1.82, 2.24) is 19.4 Å². The van der Waals surface area contributed by atoms with Crippen molar-refractivity contribution in [1.29, 1.82) is 0 Å². The molecule has 0 saturated carbocycles. The Morgan fingerprint density at radius 2 is 2.04 bits per heavy atom. The molecule has 0 aliphatic carbocycles. The number of aryl methyl sites for hydroxylation is 2. The molecule has 132 valence electrons. The van der Waals surface area contributed by atoms with Crippen LogP contribution in [0.25, 0.3) is 0 Å². The Kier molecular flexibility index (Phi) is 8.63. The number of nitrogens with zero attached hydrogens (tertiary/aromatic N) is 4. The first-order chi connectivity index (χ1) is 10.6. The van der Waals surface area contributed by atoms with Crippen LogP contribution < -0.4 is 0 Å². The number of likely N-dealkylation sites (tertiary alicyclic amines) is 1. The van der Waals surface area contributed by atoms with Crippen molar-refractivity contribution in [3.63, 3.8) is 0 Å². The van der Waals surface area contributed by atoms with E-state index in [0.717, 1.165) is 51.1 Å². The maximum absolute atomic E-state index is 12.4. The molecule has 23 heavy (non-hydrogen) atoms. The van der Waals surface area contributed by atoms with Gasteiger partial charge in [0.1, 0.15) is 5.82 Å². The number of rotatable bonds is 7. The maximum Gasteiger partial charge on any atom is 0.223 e. The SMILES string of the molecule is CCCCn1ccnc1CCC(=O)N1CCC(N(C)C)CC1.Cl. The van der Waals surface area contributed by atoms with Crippen LogP contribution in [-0.2, 0) is 17.8 Å². The van der Waals surface area contributed by atoms with Crippen LogP contribution >= 0.6 is 12.4 Å². The fraction of sp³-hybridized carbons (Fsp3) is 0.765. The highest BCUT2D eigenvalue weighted by Gasteiger charge is 2.23. The Hall–Kier alpha value is -1.07. The van der Waals surface area contributed by atoms with Crippen molar-refractivity contribution in [3.05, 3.63) is 18.2 Å². The van der Waals surface area contributed by atoms with Crippen LogP contribution in [0.2, 0.25) is 0 Å². The Morgan fingerprint density at radius 1 is 1.35 bits per heavy atom. The first-order valence-corrected chi connectivity index (χ1v) is 8.56. The lowest BCUT2D eigenvalue weighted by Gasteiger charge is -2.35. The average molecular weight is 343 g/mol. The van der Waals surface area contributed by atoms with Crippen molar-refractivity contribution < 1.29 is 4.79 Å². The summed E-state index contributed by atoms with van der Waals surface area (Å²) in [6.45, 7) is 4.99. The lowest BCUT2D eigenvalue weighted by molar-refractivity contribution is -0.132. The van der Waals surface area contributed by atoms with Crippen molar-refractivity contribution in [2.45, 2.75) is 58.0 Å². The van der Waals surface area contributed by atoms with Gasteiger partial charge in [-0.15, -0.1) is 12.4 Å². The number of imidazole rings is 1. The van der Waals surface area contributed by atoms with Gasteiger partial charge < -0.3 is 14.4 Å². The summed E-state index contributed by atoms with van der Waals surface area (Å²) in [4.78, 5) is 21.1. The minimum absolute atomic E-state index is 0. The van der Waals surface area contributed by atoms with Crippen LogP contribution in [0.3, 0.4) is 0 Å². The summed E-state index contributed by atoms with van der Waals surface area (Å²) in [7, 11) is 4.25. The van der Waals surface area contributed by atoms with Gasteiger partial charge in [-0.1, -0.05) is 13.3 Å². The van der Waals surface area contributed by atoms with E-state index in [-0.39, 0.29) is 18.3 Å². The number of carbonyl (C=O) groups excluding carboxylic acids is 1. The van der Waals surface area contributed by atoms with Crippen molar-refractivity contribution in [2.75, 3.05) is 27.2 Å². The fourth-order valence-corrected chi connectivity index (χ4v) is 3.11. The number of halogens is 1. The Morgan fingerprint density at radius 3 is 2.65 bits per heavy atom. The number of amides is 1. The predicted octanol–water partition coefficient (Wildman–Crippen LogP) is 2.59. The molecule has 1 amide bonds. The normalized spacial score (nSPS) is 15.7. The molecule has 2 rings (SSSR count). The number of unbranched alkanes of at least 4 members (excludes halogenated alkanes) is 1. The van der Waals surface area contributed by atoms with Crippen LogP contribution in [0.15, 0.2) is 12.4 Å². The van der Waals surface area contributed by atoms with E-state index in [0.29, 0.717) is 12.5 Å². The molecule has 0 spiro atoms. The zero-order chi connectivity index (χ0) is 15.9. The molecule has 0 radical (unpaired) electrons. The Labute approximate surface area is 146 Å². The van der Waals surface area contributed by atoms with E-state index in [1.54, 1.807) is 0 Å². The van der Waals surface area contributed by atoms with Gasteiger partial charge in [0.2, 0.25) is 5.91 Å². The third-order valence-corrected chi connectivity index (χ3v) is 4.66. The van der Waals surface area contributed by atoms with Gasteiger partial charge in [-0.05, 0) is 33.4 Å². The van der Waals surface area contributed by atoms with Gasteiger partial charge in [-0.25, -0.2) is 4.98 Å². The topological polar surface area (TPSA) is 41.4 Å². The quantitative estimate of drug-likeness (QED) is 0.764. The van der Waals surface area contributed by atoms with Crippen molar-refractivity contribution in [3.8, 4) is 0 Å². The van der Waals surface area contributed by atoms with E-state index in [4.69, 9.17) is 0 Å². The molecule has 1 fully saturated rings. The first-order valence-electron chi connectivity index (χ1n) is 8.56. The summed E-state index contributed by atoms with van der Waals surface area (Å²) in [5.41, 5.74) is 0. The molecule has 0 N–H and O–H groups in total. The third-order valence-electron chi connectivity index (χ3n) is 4.66. The lowest BCUT2D eigenvalue weighted by Crippen LogP contribution is -2.44. The summed E-state index contributed by atoms with van der Waals surface area (Å²) in [6, 6.07) is 0.622. The molecule has 1 aromatic heterocycles. The van der Waals surface area contributed by atoms with Crippen molar-refractivity contribution >= 4 is 18.3 Å². The molecule has 0 aromatic carbocycles. The minimum atomic E-state index is 0. The first kappa shape index (κ1) is 20.0. The second-order valence-corrected chi connectivity index (χ2v) is 6.47. The molecule has 1 aliphatic heterocycles. The zero-order valence-electron chi connectivity index (χ0n) is 14.7. The second-order valence-electron chi connectivity index (χ2n) is 6.47. The van der Waals surface area contributed by atoms with Gasteiger partial charge in [-0.3, -0.25) is 4.79 Å². The molecule has 2 heterocycles. The molecule has 6 heteroatoms. The van der Waals surface area contributed by atoms with Crippen LogP contribution in [0.4, 0.5) is 0 Å². The van der Waals surface area contributed by atoms with Crippen molar-refractivity contribution in [2.24, 2.45) is 0 Å². The molecule has 5 nitrogen and oxygen atoms in total. The molecule has 0 unspecified atom stereocenters. The largest absolute Gasteiger partial charge is 0.343 e. The lowest BCUT2D eigenvalue weighted by atomic mass is 10.0. The van der Waals surface area contributed by atoms with Gasteiger partial charge in [-0.2, -0.15) is 0 Å². The van der Waals surface area contributed by atoms with Gasteiger partial charge in [0.25, 0.3) is 0 Å². The molecular weight excluding hydrogens is 312 g/mol. The van der Waals surface area contributed by atoms with Gasteiger partial charge in [0, 0.05) is 50.9 Å². The molecule has 1 aromatic rings. The smallest absolute Gasteiger partial charge is 0.223 e. The maximum atomic E-state index is 12.4. The highest BCUT2D eigenvalue weighted by molar-refractivity contribution is 5.85. The van der Waals surface area contributed by atoms with Gasteiger partial charge >= 0.3 is 0 Å². The summed E-state index contributed by atoms with van der Waals surface area (Å²) in [5.74, 6) is 1.33. The van der Waals surface area contributed by atoms with Gasteiger partial charge in [0.15, 0.2) is 0 Å². The Bertz CT molecular complexity index is 467. The molecule has 0 atom stereocenters. The van der Waals surface area contributed by atoms with Crippen LogP contribution in [-0.4, -0.2) is 58.5 Å². The van der Waals surface area contributed by atoms with Crippen LogP contribution in [0.5, 0.6) is 0 Å². The second kappa shape index (κ2) is 9.93. The molecule has 1 aliphatic rings. The average Bonchev–Trinajstić information content (AvgIpc) is 2.98. The number of hydrogen-bond donors (Lipinski definition) is 0. The van der Waals surface area contributed by atoms with E-state index in [1.807, 2.05) is 17.3 Å². The molecule has 0 bridgehead atoms. The zero-order valence-corrected chi connectivity index (χ0v) is 15.5. The van der Waals surface area contributed by atoms with E-state index in [2.05, 4.69) is 35.5 Å². The minimum Gasteiger partial charge on any atom is -0.343 e. The van der Waals surface area contributed by atoms with E-state index in [9.17, 15) is 4.79 Å². The van der Waals surface area contributed by atoms with E-state index >= 15 is 0 Å². The summed E-state index contributed by atoms with van der Waals surface area (Å²) in [5, 5.41) is 0. The number of hydrogen-bond acceptors (Lipinski definition) is 3. The number of piperidine rings is 1. The fourth-order valence-electron chi connectivity index (χ4n) is 3.11. The third kappa shape index (κ3) is 5.81. The highest BCUT2D eigenvalue weighted by atomic mass is 35.5. The van der Waals surface area contributed by atoms with E-state index in [1.165, 1.54) is 6.42 Å².